The van der Waals surface area contributed by atoms with Crippen LogP contribution >= 0.6 is 0 Å². The van der Waals surface area contributed by atoms with Crippen LogP contribution in [0.1, 0.15) is 35.4 Å². The molecule has 1 aliphatic heterocycles. The van der Waals surface area contributed by atoms with E-state index in [1.807, 2.05) is 6.92 Å². The minimum atomic E-state index is -0.0464. The molecule has 0 unspecified atom stereocenters. The SMILES string of the molecule is Cc1cc(C(=O)NCC[C@@H]2CCCN2)co1. The highest BCUT2D eigenvalue weighted by atomic mass is 16.3. The Bertz CT molecular complexity index is 354. The van der Waals surface area contributed by atoms with Crippen LogP contribution in [-0.2, 0) is 0 Å². The van der Waals surface area contributed by atoms with Gasteiger partial charge in [0.05, 0.1) is 5.56 Å². The van der Waals surface area contributed by atoms with E-state index in [1.165, 1.54) is 19.1 Å². The molecular weight excluding hydrogens is 204 g/mol. The van der Waals surface area contributed by atoms with E-state index in [9.17, 15) is 4.79 Å². The highest BCUT2D eigenvalue weighted by Gasteiger charge is 2.14. The van der Waals surface area contributed by atoms with Crippen molar-refractivity contribution in [2.75, 3.05) is 13.1 Å². The van der Waals surface area contributed by atoms with E-state index in [2.05, 4.69) is 10.6 Å². The van der Waals surface area contributed by atoms with Crippen LogP contribution in [0.15, 0.2) is 16.7 Å². The second-order valence-electron chi connectivity index (χ2n) is 4.28. The predicted octanol–water partition coefficient (Wildman–Crippen LogP) is 1.46. The summed E-state index contributed by atoms with van der Waals surface area (Å²) in [4.78, 5) is 11.6. The third-order valence-corrected chi connectivity index (χ3v) is 2.93. The van der Waals surface area contributed by atoms with Gasteiger partial charge < -0.3 is 15.1 Å². The smallest absolute Gasteiger partial charge is 0.254 e. The lowest BCUT2D eigenvalue weighted by molar-refractivity contribution is 0.0951. The third kappa shape index (κ3) is 2.85. The first-order chi connectivity index (χ1) is 7.75. The van der Waals surface area contributed by atoms with E-state index in [4.69, 9.17) is 4.42 Å². The molecule has 0 radical (unpaired) electrons. The van der Waals surface area contributed by atoms with E-state index in [-0.39, 0.29) is 5.91 Å². The molecule has 1 aliphatic rings. The second kappa shape index (κ2) is 5.16. The molecule has 1 aromatic rings. The lowest BCUT2D eigenvalue weighted by Gasteiger charge is -2.09. The van der Waals surface area contributed by atoms with Crippen LogP contribution in [0.4, 0.5) is 0 Å². The fourth-order valence-electron chi connectivity index (χ4n) is 2.03. The summed E-state index contributed by atoms with van der Waals surface area (Å²) in [7, 11) is 0. The van der Waals surface area contributed by atoms with Gasteiger partial charge in [-0.25, -0.2) is 0 Å². The Morgan fingerprint density at radius 3 is 3.19 bits per heavy atom. The zero-order chi connectivity index (χ0) is 11.4. The lowest BCUT2D eigenvalue weighted by atomic mass is 10.1. The largest absolute Gasteiger partial charge is 0.469 e. The monoisotopic (exact) mass is 222 g/mol. The molecule has 88 valence electrons. The van der Waals surface area contributed by atoms with Crippen molar-refractivity contribution in [2.45, 2.75) is 32.2 Å². The molecule has 1 fully saturated rings. The zero-order valence-corrected chi connectivity index (χ0v) is 9.58. The average molecular weight is 222 g/mol. The van der Waals surface area contributed by atoms with E-state index in [0.717, 1.165) is 25.3 Å². The van der Waals surface area contributed by atoms with Crippen molar-refractivity contribution < 1.29 is 9.21 Å². The molecular formula is C12H18N2O2. The third-order valence-electron chi connectivity index (χ3n) is 2.93. The van der Waals surface area contributed by atoms with Crippen LogP contribution in [0, 0.1) is 6.92 Å². The Labute approximate surface area is 95.4 Å². The summed E-state index contributed by atoms with van der Waals surface area (Å²) in [5.41, 5.74) is 0.608. The van der Waals surface area contributed by atoms with Crippen LogP contribution in [0.5, 0.6) is 0 Å². The Morgan fingerprint density at radius 2 is 2.56 bits per heavy atom. The molecule has 16 heavy (non-hydrogen) atoms. The molecule has 0 bridgehead atoms. The van der Waals surface area contributed by atoms with Crippen LogP contribution in [0.3, 0.4) is 0 Å². The zero-order valence-electron chi connectivity index (χ0n) is 9.58. The quantitative estimate of drug-likeness (QED) is 0.811. The minimum absolute atomic E-state index is 0.0464. The van der Waals surface area contributed by atoms with E-state index >= 15 is 0 Å². The molecule has 0 aliphatic carbocycles. The summed E-state index contributed by atoms with van der Waals surface area (Å²) in [6, 6.07) is 2.33. The number of amides is 1. The van der Waals surface area contributed by atoms with Gasteiger partial charge in [0.1, 0.15) is 12.0 Å². The van der Waals surface area contributed by atoms with E-state index in [0.29, 0.717) is 11.6 Å². The van der Waals surface area contributed by atoms with E-state index < -0.39 is 0 Å². The summed E-state index contributed by atoms with van der Waals surface area (Å²) in [6.45, 7) is 3.67. The van der Waals surface area contributed by atoms with Crippen molar-refractivity contribution in [1.29, 1.82) is 0 Å². The number of rotatable bonds is 4. The van der Waals surface area contributed by atoms with Crippen molar-refractivity contribution in [3.63, 3.8) is 0 Å². The van der Waals surface area contributed by atoms with Gasteiger partial charge in [0, 0.05) is 12.6 Å². The normalized spacial score (nSPS) is 19.9. The van der Waals surface area contributed by atoms with Gasteiger partial charge in [-0.2, -0.15) is 0 Å². The molecule has 4 nitrogen and oxygen atoms in total. The molecule has 4 heteroatoms. The van der Waals surface area contributed by atoms with Crippen LogP contribution in [0.2, 0.25) is 0 Å². The van der Waals surface area contributed by atoms with Gasteiger partial charge in [-0.1, -0.05) is 0 Å². The average Bonchev–Trinajstić information content (AvgIpc) is 2.89. The first-order valence-corrected chi connectivity index (χ1v) is 5.82. The molecule has 0 aromatic carbocycles. The van der Waals surface area contributed by atoms with Crippen molar-refractivity contribution in [3.8, 4) is 0 Å². The standard InChI is InChI=1S/C12H18N2O2/c1-9-7-10(8-16-9)12(15)14-6-4-11-3-2-5-13-11/h7-8,11,13H,2-6H2,1H3,(H,14,15)/t11-/m0/s1. The molecule has 1 atom stereocenters. The van der Waals surface area contributed by atoms with Gasteiger partial charge in [0.25, 0.3) is 5.91 Å². The molecule has 0 saturated carbocycles. The van der Waals surface area contributed by atoms with Crippen LogP contribution in [-0.4, -0.2) is 25.0 Å². The maximum atomic E-state index is 11.6. The van der Waals surface area contributed by atoms with Gasteiger partial charge in [-0.05, 0) is 38.8 Å². The highest BCUT2D eigenvalue weighted by molar-refractivity contribution is 5.93. The Hall–Kier alpha value is -1.29. The van der Waals surface area contributed by atoms with Crippen LogP contribution < -0.4 is 10.6 Å². The maximum Gasteiger partial charge on any atom is 0.254 e. The van der Waals surface area contributed by atoms with Crippen LogP contribution in [0.25, 0.3) is 0 Å². The van der Waals surface area contributed by atoms with Crippen molar-refractivity contribution in [2.24, 2.45) is 0 Å². The fourth-order valence-corrected chi connectivity index (χ4v) is 2.03. The lowest BCUT2D eigenvalue weighted by Crippen LogP contribution is -2.30. The number of hydrogen-bond donors (Lipinski definition) is 2. The highest BCUT2D eigenvalue weighted by Crippen LogP contribution is 2.08. The van der Waals surface area contributed by atoms with Gasteiger partial charge >= 0.3 is 0 Å². The first-order valence-electron chi connectivity index (χ1n) is 5.82. The topological polar surface area (TPSA) is 54.3 Å². The number of aryl methyl sites for hydroxylation is 1. The molecule has 2 heterocycles. The second-order valence-corrected chi connectivity index (χ2v) is 4.28. The summed E-state index contributed by atoms with van der Waals surface area (Å²) >= 11 is 0. The number of furan rings is 1. The summed E-state index contributed by atoms with van der Waals surface area (Å²) in [6.07, 6.45) is 4.97. The summed E-state index contributed by atoms with van der Waals surface area (Å²) < 4.78 is 5.09. The molecule has 2 rings (SSSR count). The van der Waals surface area contributed by atoms with Crippen molar-refractivity contribution in [3.05, 3.63) is 23.7 Å². The Kier molecular flexibility index (Phi) is 3.62. The van der Waals surface area contributed by atoms with E-state index in [1.54, 1.807) is 6.07 Å². The predicted molar refractivity (Wildman–Crippen MR) is 61.4 cm³/mol. The number of nitrogens with one attached hydrogen (secondary N) is 2. The number of hydrogen-bond acceptors (Lipinski definition) is 3. The van der Waals surface area contributed by atoms with Gasteiger partial charge in [0.2, 0.25) is 0 Å². The number of carbonyl (C=O) groups is 1. The molecule has 1 aromatic heterocycles. The van der Waals surface area contributed by atoms with Gasteiger partial charge in [0.15, 0.2) is 0 Å². The Balaban J connectivity index is 1.71. The molecule has 1 amide bonds. The molecule has 2 N–H and O–H groups in total. The molecule has 0 spiro atoms. The summed E-state index contributed by atoms with van der Waals surface area (Å²) in [5, 5.41) is 6.30. The fraction of sp³-hybridized carbons (Fsp3) is 0.583. The summed E-state index contributed by atoms with van der Waals surface area (Å²) in [5.74, 6) is 0.720. The molecule has 1 saturated heterocycles. The van der Waals surface area contributed by atoms with Gasteiger partial charge in [-0.3, -0.25) is 4.79 Å². The first kappa shape index (κ1) is 11.2. The Morgan fingerprint density at radius 1 is 1.69 bits per heavy atom. The number of carbonyl (C=O) groups excluding carboxylic acids is 1. The van der Waals surface area contributed by atoms with Crippen molar-refractivity contribution >= 4 is 5.91 Å². The van der Waals surface area contributed by atoms with Gasteiger partial charge in [-0.15, -0.1) is 0 Å². The maximum absolute atomic E-state index is 11.6. The minimum Gasteiger partial charge on any atom is -0.469 e. The van der Waals surface area contributed by atoms with Crippen molar-refractivity contribution in [1.82, 2.24) is 10.6 Å².